The summed E-state index contributed by atoms with van der Waals surface area (Å²) in [5, 5.41) is 4.86. The maximum Gasteiger partial charge on any atom is 0.119 e. The highest BCUT2D eigenvalue weighted by molar-refractivity contribution is 6.00. The third-order valence-corrected chi connectivity index (χ3v) is 10.8. The van der Waals surface area contributed by atoms with Gasteiger partial charge in [0.1, 0.15) is 5.75 Å². The lowest BCUT2D eigenvalue weighted by Crippen LogP contribution is -2.10. The molecular formula is C54H50N2O. The van der Waals surface area contributed by atoms with Crippen LogP contribution in [-0.2, 0) is 0 Å². The molecule has 0 unspecified atom stereocenters. The number of ether oxygens (including phenoxy) is 1. The average molecular weight is 743 g/mol. The minimum absolute atomic E-state index is 0.745. The Labute approximate surface area is 338 Å². The lowest BCUT2D eigenvalue weighted by Gasteiger charge is -2.27. The molecule has 0 radical (unpaired) electrons. The summed E-state index contributed by atoms with van der Waals surface area (Å²) in [5.74, 6) is 0.910. The molecule has 57 heavy (non-hydrogen) atoms. The van der Waals surface area contributed by atoms with Gasteiger partial charge in [-0.05, 0) is 114 Å². The maximum atomic E-state index is 6.19. The fourth-order valence-electron chi connectivity index (χ4n) is 7.82. The first-order valence-corrected chi connectivity index (χ1v) is 20.4. The summed E-state index contributed by atoms with van der Waals surface area (Å²) < 4.78 is 6.19. The minimum Gasteiger partial charge on any atom is -0.494 e. The number of para-hydroxylation sites is 1. The van der Waals surface area contributed by atoms with Gasteiger partial charge < -0.3 is 14.5 Å². The monoisotopic (exact) mass is 742 g/mol. The van der Waals surface area contributed by atoms with E-state index in [1.807, 2.05) is 6.08 Å². The summed E-state index contributed by atoms with van der Waals surface area (Å²) in [6.07, 6.45) is 10.5. The van der Waals surface area contributed by atoms with E-state index in [4.69, 9.17) is 4.74 Å². The molecular weight excluding hydrogens is 693 g/mol. The predicted molar refractivity (Wildman–Crippen MR) is 244 cm³/mol. The molecule has 282 valence electrons. The van der Waals surface area contributed by atoms with Crippen LogP contribution in [-0.4, -0.2) is 6.61 Å². The van der Waals surface area contributed by atoms with Crippen LogP contribution in [0.3, 0.4) is 0 Å². The van der Waals surface area contributed by atoms with E-state index >= 15 is 0 Å². The van der Waals surface area contributed by atoms with Crippen molar-refractivity contribution in [1.29, 1.82) is 0 Å². The first-order chi connectivity index (χ1) is 28.3. The normalized spacial score (nSPS) is 11.1. The number of hydrogen-bond acceptors (Lipinski definition) is 3. The number of anilines is 6. The minimum atomic E-state index is 0.745. The summed E-state index contributed by atoms with van der Waals surface area (Å²) in [4.78, 5) is 4.70. The molecule has 0 N–H and O–H groups in total. The van der Waals surface area contributed by atoms with Gasteiger partial charge in [-0.2, -0.15) is 0 Å². The second-order valence-corrected chi connectivity index (χ2v) is 14.6. The average Bonchev–Trinajstić information content (AvgIpc) is 3.27. The van der Waals surface area contributed by atoms with Crippen molar-refractivity contribution in [2.24, 2.45) is 0 Å². The first kappa shape index (κ1) is 37.3. The van der Waals surface area contributed by atoms with Crippen molar-refractivity contribution in [1.82, 2.24) is 0 Å². The van der Waals surface area contributed by atoms with Gasteiger partial charge >= 0.3 is 0 Å². The summed E-state index contributed by atoms with van der Waals surface area (Å²) in [6.45, 7) is 4.57. The Hall–Kier alpha value is -6.58. The zero-order chi connectivity index (χ0) is 38.7. The largest absolute Gasteiger partial charge is 0.494 e. The number of benzene rings is 8. The molecule has 0 aliphatic rings. The third kappa shape index (κ3) is 8.79. The van der Waals surface area contributed by atoms with E-state index in [1.54, 1.807) is 0 Å². The highest BCUT2D eigenvalue weighted by atomic mass is 16.5. The number of rotatable bonds is 17. The van der Waals surface area contributed by atoms with Gasteiger partial charge in [0, 0.05) is 33.5 Å². The van der Waals surface area contributed by atoms with E-state index in [1.165, 1.54) is 64.8 Å². The van der Waals surface area contributed by atoms with E-state index in [0.29, 0.717) is 0 Å². The summed E-state index contributed by atoms with van der Waals surface area (Å²) in [6, 6.07) is 67.3. The lowest BCUT2D eigenvalue weighted by atomic mass is 10.0. The lowest BCUT2D eigenvalue weighted by molar-refractivity contribution is 0.304. The molecule has 0 saturated carbocycles. The Morgan fingerprint density at radius 3 is 1.33 bits per heavy atom. The highest BCUT2D eigenvalue weighted by Gasteiger charge is 2.17. The van der Waals surface area contributed by atoms with Crippen molar-refractivity contribution in [3.05, 3.63) is 201 Å². The molecule has 0 aliphatic heterocycles. The van der Waals surface area contributed by atoms with Crippen molar-refractivity contribution in [2.45, 2.75) is 44.9 Å². The van der Waals surface area contributed by atoms with Crippen molar-refractivity contribution in [3.8, 4) is 16.9 Å². The van der Waals surface area contributed by atoms with Crippen LogP contribution in [0.25, 0.3) is 32.7 Å². The summed E-state index contributed by atoms with van der Waals surface area (Å²) >= 11 is 0. The molecule has 3 nitrogen and oxygen atoms in total. The van der Waals surface area contributed by atoms with Gasteiger partial charge in [0.05, 0.1) is 18.0 Å². The summed E-state index contributed by atoms with van der Waals surface area (Å²) in [5.41, 5.74) is 9.06. The number of unbranched alkanes of at least 4 members (excludes halogenated alkanes) is 6. The van der Waals surface area contributed by atoms with Gasteiger partial charge in [0.25, 0.3) is 0 Å². The SMILES string of the molecule is C=CCCCCCCCCOc1ccc(N(c2ccc(-c3ccc(N(c4ccccc4)c4cccc5ccccc45)cc3)cc2)c2cccc3ccccc23)cc1. The Morgan fingerprint density at radius 2 is 0.807 bits per heavy atom. The smallest absolute Gasteiger partial charge is 0.119 e. The van der Waals surface area contributed by atoms with Gasteiger partial charge in [-0.25, -0.2) is 0 Å². The molecule has 8 aromatic rings. The molecule has 0 heterocycles. The van der Waals surface area contributed by atoms with Crippen LogP contribution in [0.1, 0.15) is 44.9 Å². The third-order valence-electron chi connectivity index (χ3n) is 10.8. The van der Waals surface area contributed by atoms with E-state index in [9.17, 15) is 0 Å². The fourth-order valence-corrected chi connectivity index (χ4v) is 7.82. The van der Waals surface area contributed by atoms with Gasteiger partial charge in [-0.3, -0.25) is 0 Å². The Morgan fingerprint density at radius 1 is 0.386 bits per heavy atom. The second-order valence-electron chi connectivity index (χ2n) is 14.6. The van der Waals surface area contributed by atoms with Gasteiger partial charge in [0.15, 0.2) is 0 Å². The standard InChI is InChI=1S/C54H50N2O/c1-2-3-4-5-6-7-8-16-41-57-50-39-37-49(38-40-50)56(54-28-18-22-45-20-13-15-26-52(45)54)48-35-31-43(32-36-48)42-29-33-47(34-30-42)55(46-23-10-9-11-24-46)53-27-17-21-44-19-12-14-25-51(44)53/h2,9-15,17-40H,1,3-8,16,41H2. The Balaban J connectivity index is 1.04. The van der Waals surface area contributed by atoms with Crippen LogP contribution in [0.5, 0.6) is 5.75 Å². The summed E-state index contributed by atoms with van der Waals surface area (Å²) in [7, 11) is 0. The van der Waals surface area contributed by atoms with Gasteiger partial charge in [-0.15, -0.1) is 6.58 Å². The number of hydrogen-bond donors (Lipinski definition) is 0. The van der Waals surface area contributed by atoms with Crippen molar-refractivity contribution >= 4 is 55.7 Å². The molecule has 0 aromatic heterocycles. The quantitative estimate of drug-likeness (QED) is 0.0682. The van der Waals surface area contributed by atoms with E-state index in [2.05, 4.69) is 204 Å². The van der Waals surface area contributed by atoms with Crippen LogP contribution < -0.4 is 14.5 Å². The fraction of sp³-hybridized carbons (Fsp3) is 0.148. The Bertz CT molecular complexity index is 2500. The molecule has 0 saturated heterocycles. The van der Waals surface area contributed by atoms with Gasteiger partial charge in [-0.1, -0.05) is 147 Å². The van der Waals surface area contributed by atoms with Crippen molar-refractivity contribution in [3.63, 3.8) is 0 Å². The second kappa shape index (κ2) is 18.4. The zero-order valence-corrected chi connectivity index (χ0v) is 32.6. The predicted octanol–water partition coefficient (Wildman–Crippen LogP) is 15.9. The van der Waals surface area contributed by atoms with Gasteiger partial charge in [0.2, 0.25) is 0 Å². The molecule has 8 rings (SSSR count). The molecule has 8 aromatic carbocycles. The van der Waals surface area contributed by atoms with E-state index < -0.39 is 0 Å². The molecule has 3 heteroatoms. The highest BCUT2D eigenvalue weighted by Crippen LogP contribution is 2.42. The molecule has 0 atom stereocenters. The van der Waals surface area contributed by atoms with Crippen LogP contribution in [0.4, 0.5) is 34.1 Å². The number of allylic oxidation sites excluding steroid dienone is 1. The topological polar surface area (TPSA) is 15.7 Å². The number of nitrogens with zero attached hydrogens (tertiary/aromatic N) is 2. The van der Waals surface area contributed by atoms with Crippen molar-refractivity contribution < 1.29 is 4.74 Å². The van der Waals surface area contributed by atoms with Crippen molar-refractivity contribution in [2.75, 3.05) is 16.4 Å². The van der Waals surface area contributed by atoms with Crippen LogP contribution in [0, 0.1) is 0 Å². The van der Waals surface area contributed by atoms with Crippen LogP contribution in [0.15, 0.2) is 201 Å². The van der Waals surface area contributed by atoms with E-state index in [-0.39, 0.29) is 0 Å². The molecule has 0 fully saturated rings. The van der Waals surface area contributed by atoms with Crippen LogP contribution >= 0.6 is 0 Å². The van der Waals surface area contributed by atoms with E-state index in [0.717, 1.165) is 59.3 Å². The molecule has 0 bridgehead atoms. The molecule has 0 spiro atoms. The Kier molecular flexibility index (Phi) is 12.0. The molecule has 0 aliphatic carbocycles. The maximum absolute atomic E-state index is 6.19. The molecule has 0 amide bonds. The zero-order valence-electron chi connectivity index (χ0n) is 32.6. The van der Waals surface area contributed by atoms with Crippen LogP contribution in [0.2, 0.25) is 0 Å². The first-order valence-electron chi connectivity index (χ1n) is 20.4. The number of fused-ring (bicyclic) bond motifs is 2.